The zero-order valence-corrected chi connectivity index (χ0v) is 9.11. The van der Waals surface area contributed by atoms with Crippen molar-refractivity contribution in [2.24, 2.45) is 0 Å². The summed E-state index contributed by atoms with van der Waals surface area (Å²) in [5.74, 6) is 0.848. The van der Waals surface area contributed by atoms with Crippen LogP contribution in [-0.2, 0) is 0 Å². The molecule has 86 valence electrons. The Morgan fingerprint density at radius 1 is 1.24 bits per heavy atom. The van der Waals surface area contributed by atoms with Crippen molar-refractivity contribution in [1.82, 2.24) is 9.97 Å². The lowest BCUT2D eigenvalue weighted by atomic mass is 10.1. The zero-order chi connectivity index (χ0) is 11.8. The number of halogens is 1. The predicted molar refractivity (Wildman–Crippen MR) is 62.2 cm³/mol. The highest BCUT2D eigenvalue weighted by Crippen LogP contribution is 2.37. The molecule has 0 bridgehead atoms. The molecule has 3 nitrogen and oxygen atoms in total. The maximum absolute atomic E-state index is 12.8. The number of nitrogens with zero attached hydrogens (tertiary/aromatic N) is 1. The molecule has 0 aliphatic heterocycles. The fourth-order valence-electron chi connectivity index (χ4n) is 1.80. The summed E-state index contributed by atoms with van der Waals surface area (Å²) in [7, 11) is 0. The lowest BCUT2D eigenvalue weighted by Crippen LogP contribution is -2.10. The lowest BCUT2D eigenvalue weighted by molar-refractivity contribution is 0.628. The Kier molecular flexibility index (Phi) is 2.28. The van der Waals surface area contributed by atoms with Crippen molar-refractivity contribution >= 4 is 0 Å². The van der Waals surface area contributed by atoms with E-state index in [1.165, 1.54) is 18.2 Å². The van der Waals surface area contributed by atoms with E-state index in [0.717, 1.165) is 24.2 Å². The Morgan fingerprint density at radius 3 is 2.59 bits per heavy atom. The SMILES string of the molecule is O=c1cc(-c2ccc(F)cc2)nc(C2CC2)[nH]1. The van der Waals surface area contributed by atoms with Crippen LogP contribution in [0.1, 0.15) is 24.6 Å². The van der Waals surface area contributed by atoms with Gasteiger partial charge in [-0.25, -0.2) is 9.37 Å². The summed E-state index contributed by atoms with van der Waals surface area (Å²) in [5.41, 5.74) is 1.22. The molecule has 4 heteroatoms. The van der Waals surface area contributed by atoms with Crippen molar-refractivity contribution < 1.29 is 4.39 Å². The molecular formula is C13H11FN2O. The van der Waals surface area contributed by atoms with Crippen LogP contribution >= 0.6 is 0 Å². The molecule has 1 saturated carbocycles. The van der Waals surface area contributed by atoms with Crippen LogP contribution in [0.5, 0.6) is 0 Å². The van der Waals surface area contributed by atoms with E-state index in [0.29, 0.717) is 11.6 Å². The van der Waals surface area contributed by atoms with Crippen molar-refractivity contribution in [3.8, 4) is 11.3 Å². The van der Waals surface area contributed by atoms with Gasteiger partial charge in [0.25, 0.3) is 5.56 Å². The highest BCUT2D eigenvalue weighted by atomic mass is 19.1. The van der Waals surface area contributed by atoms with Gasteiger partial charge in [-0.15, -0.1) is 0 Å². The fourth-order valence-corrected chi connectivity index (χ4v) is 1.80. The second-order valence-corrected chi connectivity index (χ2v) is 4.30. The average Bonchev–Trinajstić information content (AvgIpc) is 3.13. The van der Waals surface area contributed by atoms with Crippen LogP contribution in [0.25, 0.3) is 11.3 Å². The average molecular weight is 230 g/mol. The number of hydrogen-bond acceptors (Lipinski definition) is 2. The first-order valence-electron chi connectivity index (χ1n) is 5.59. The van der Waals surface area contributed by atoms with Crippen LogP contribution < -0.4 is 5.56 Å². The second kappa shape index (κ2) is 3.80. The quantitative estimate of drug-likeness (QED) is 0.861. The Balaban J connectivity index is 2.07. The number of aromatic amines is 1. The number of aromatic nitrogens is 2. The Hall–Kier alpha value is -1.97. The minimum absolute atomic E-state index is 0.152. The van der Waals surface area contributed by atoms with Gasteiger partial charge in [0.1, 0.15) is 11.6 Å². The zero-order valence-electron chi connectivity index (χ0n) is 9.11. The highest BCUT2D eigenvalue weighted by Gasteiger charge is 2.26. The van der Waals surface area contributed by atoms with Crippen LogP contribution in [0.2, 0.25) is 0 Å². The van der Waals surface area contributed by atoms with Crippen molar-refractivity contribution in [1.29, 1.82) is 0 Å². The van der Waals surface area contributed by atoms with Gasteiger partial charge in [0.15, 0.2) is 0 Å². The van der Waals surface area contributed by atoms with Gasteiger partial charge in [-0.1, -0.05) is 0 Å². The molecule has 0 unspecified atom stereocenters. The van der Waals surface area contributed by atoms with Crippen LogP contribution in [0.4, 0.5) is 4.39 Å². The molecule has 0 atom stereocenters. The highest BCUT2D eigenvalue weighted by molar-refractivity contribution is 5.58. The molecule has 1 fully saturated rings. The predicted octanol–water partition coefficient (Wildman–Crippen LogP) is 2.45. The fraction of sp³-hybridized carbons (Fsp3) is 0.231. The van der Waals surface area contributed by atoms with Crippen molar-refractivity contribution in [3.05, 3.63) is 52.3 Å². The molecule has 1 N–H and O–H groups in total. The number of H-pyrrole nitrogens is 1. The minimum Gasteiger partial charge on any atom is -0.310 e. The van der Waals surface area contributed by atoms with Gasteiger partial charge in [0.2, 0.25) is 0 Å². The summed E-state index contributed by atoms with van der Waals surface area (Å²) >= 11 is 0. The number of nitrogens with one attached hydrogen (secondary N) is 1. The normalized spacial score (nSPS) is 14.9. The van der Waals surface area contributed by atoms with E-state index >= 15 is 0 Å². The van der Waals surface area contributed by atoms with Gasteiger partial charge in [-0.3, -0.25) is 4.79 Å². The van der Waals surface area contributed by atoms with E-state index in [1.807, 2.05) is 0 Å². The van der Waals surface area contributed by atoms with Crippen molar-refractivity contribution in [2.45, 2.75) is 18.8 Å². The maximum atomic E-state index is 12.8. The second-order valence-electron chi connectivity index (χ2n) is 4.30. The topological polar surface area (TPSA) is 45.8 Å². The molecule has 1 aromatic heterocycles. The molecular weight excluding hydrogens is 219 g/mol. The van der Waals surface area contributed by atoms with Gasteiger partial charge in [-0.05, 0) is 37.1 Å². The van der Waals surface area contributed by atoms with Gasteiger partial charge in [0.05, 0.1) is 5.69 Å². The maximum Gasteiger partial charge on any atom is 0.251 e. The van der Waals surface area contributed by atoms with Crippen molar-refractivity contribution in [2.75, 3.05) is 0 Å². The smallest absolute Gasteiger partial charge is 0.251 e. The first kappa shape index (κ1) is 10.2. The molecule has 3 rings (SSSR count). The molecule has 0 radical (unpaired) electrons. The van der Waals surface area contributed by atoms with Crippen LogP contribution in [0, 0.1) is 5.82 Å². The summed E-state index contributed by atoms with van der Waals surface area (Å²) in [6.45, 7) is 0. The van der Waals surface area contributed by atoms with Crippen LogP contribution in [-0.4, -0.2) is 9.97 Å². The Bertz CT molecular complexity index is 600. The summed E-state index contributed by atoms with van der Waals surface area (Å²) < 4.78 is 12.8. The summed E-state index contributed by atoms with van der Waals surface area (Å²) in [6.07, 6.45) is 2.16. The third kappa shape index (κ3) is 2.11. The lowest BCUT2D eigenvalue weighted by Gasteiger charge is -2.03. The van der Waals surface area contributed by atoms with Gasteiger partial charge >= 0.3 is 0 Å². The first-order chi connectivity index (χ1) is 8.22. The van der Waals surface area contributed by atoms with Gasteiger partial charge in [0, 0.05) is 17.5 Å². The number of hydrogen-bond donors (Lipinski definition) is 1. The molecule has 0 saturated heterocycles. The van der Waals surface area contributed by atoms with E-state index in [-0.39, 0.29) is 11.4 Å². The number of rotatable bonds is 2. The largest absolute Gasteiger partial charge is 0.310 e. The van der Waals surface area contributed by atoms with Crippen molar-refractivity contribution in [3.63, 3.8) is 0 Å². The molecule has 0 spiro atoms. The summed E-state index contributed by atoms with van der Waals surface area (Å²) in [5, 5.41) is 0. The first-order valence-corrected chi connectivity index (χ1v) is 5.59. The third-order valence-corrected chi connectivity index (χ3v) is 2.86. The third-order valence-electron chi connectivity index (χ3n) is 2.86. The Labute approximate surface area is 97.3 Å². The monoisotopic (exact) mass is 230 g/mol. The van der Waals surface area contributed by atoms with E-state index in [4.69, 9.17) is 0 Å². The van der Waals surface area contributed by atoms with Gasteiger partial charge < -0.3 is 4.98 Å². The Morgan fingerprint density at radius 2 is 1.94 bits per heavy atom. The minimum atomic E-state index is -0.291. The van der Waals surface area contributed by atoms with E-state index in [2.05, 4.69) is 9.97 Å². The van der Waals surface area contributed by atoms with E-state index in [9.17, 15) is 9.18 Å². The molecule has 1 heterocycles. The van der Waals surface area contributed by atoms with E-state index < -0.39 is 0 Å². The van der Waals surface area contributed by atoms with E-state index in [1.54, 1.807) is 12.1 Å². The molecule has 0 amide bonds. The molecule has 1 aliphatic carbocycles. The standard InChI is InChI=1S/C13H11FN2O/c14-10-5-3-8(4-6-10)11-7-12(17)16-13(15-11)9-1-2-9/h3-7,9H,1-2H2,(H,15,16,17). The molecule has 17 heavy (non-hydrogen) atoms. The molecule has 1 aliphatic rings. The summed E-state index contributed by atoms with van der Waals surface area (Å²) in [6, 6.07) is 7.45. The molecule has 1 aromatic carbocycles. The number of benzene rings is 1. The van der Waals surface area contributed by atoms with Crippen LogP contribution in [0.3, 0.4) is 0 Å². The van der Waals surface area contributed by atoms with Gasteiger partial charge in [-0.2, -0.15) is 0 Å². The molecule has 2 aromatic rings. The van der Waals surface area contributed by atoms with Crippen LogP contribution in [0.15, 0.2) is 35.1 Å². The summed E-state index contributed by atoms with van der Waals surface area (Å²) in [4.78, 5) is 18.7.